The van der Waals surface area contributed by atoms with Gasteiger partial charge >= 0.3 is 0 Å². The highest BCUT2D eigenvalue weighted by Gasteiger charge is 2.64. The zero-order chi connectivity index (χ0) is 21.6. The van der Waals surface area contributed by atoms with Crippen molar-refractivity contribution in [2.24, 2.45) is 5.41 Å². The lowest BCUT2D eigenvalue weighted by atomic mass is 9.73. The number of nitrogens with zero attached hydrogens (tertiary/aromatic N) is 2. The highest BCUT2D eigenvalue weighted by Crippen LogP contribution is 2.56. The van der Waals surface area contributed by atoms with Crippen LogP contribution in [-0.2, 0) is 32.0 Å². The number of methoxy groups -OCH3 is 1. The third kappa shape index (κ3) is 3.59. The van der Waals surface area contributed by atoms with Gasteiger partial charge in [-0.05, 0) is 50.7 Å². The maximum atomic E-state index is 14.0. The smallest absolute Gasteiger partial charge is 0.232 e. The van der Waals surface area contributed by atoms with E-state index in [0.29, 0.717) is 19.8 Å². The van der Waals surface area contributed by atoms with Crippen molar-refractivity contribution >= 4 is 5.91 Å². The Labute approximate surface area is 184 Å². The molecule has 2 saturated heterocycles. The summed E-state index contributed by atoms with van der Waals surface area (Å²) in [6.45, 7) is 7.65. The number of amides is 1. The summed E-state index contributed by atoms with van der Waals surface area (Å²) < 4.78 is 17.5. The lowest BCUT2D eigenvalue weighted by Crippen LogP contribution is -2.52. The van der Waals surface area contributed by atoms with E-state index in [1.54, 1.807) is 7.11 Å². The van der Waals surface area contributed by atoms with Crippen molar-refractivity contribution in [2.45, 2.75) is 76.3 Å². The molecule has 1 aromatic rings. The third-order valence-corrected chi connectivity index (χ3v) is 8.12. The number of hydrogen-bond donors (Lipinski definition) is 1. The third-order valence-electron chi connectivity index (χ3n) is 8.12. The lowest BCUT2D eigenvalue weighted by molar-refractivity contribution is -0.150. The first-order chi connectivity index (χ1) is 14.9. The Morgan fingerprint density at radius 1 is 1.35 bits per heavy atom. The number of rotatable bonds is 4. The molecule has 1 saturated carbocycles. The number of carbonyl (C=O) groups is 1. The average molecular weight is 430 g/mol. The van der Waals surface area contributed by atoms with Gasteiger partial charge < -0.3 is 24.4 Å². The molecule has 31 heavy (non-hydrogen) atoms. The first-order valence-corrected chi connectivity index (χ1v) is 11.7. The maximum Gasteiger partial charge on any atom is 0.232 e. The van der Waals surface area contributed by atoms with Gasteiger partial charge in [-0.3, -0.25) is 9.78 Å². The summed E-state index contributed by atoms with van der Waals surface area (Å²) in [5.41, 5.74) is 2.60. The molecule has 0 radical (unpaired) electrons. The molecule has 1 amide bonds. The van der Waals surface area contributed by atoms with E-state index in [9.17, 15) is 4.79 Å². The van der Waals surface area contributed by atoms with E-state index in [4.69, 9.17) is 14.2 Å². The van der Waals surface area contributed by atoms with E-state index in [-0.39, 0.29) is 24.1 Å². The van der Waals surface area contributed by atoms with Crippen molar-refractivity contribution in [2.75, 3.05) is 33.5 Å². The van der Waals surface area contributed by atoms with E-state index in [1.165, 1.54) is 5.56 Å². The molecular weight excluding hydrogens is 394 g/mol. The van der Waals surface area contributed by atoms with Gasteiger partial charge in [0.15, 0.2) is 0 Å². The molecule has 1 aliphatic carbocycles. The molecule has 5 rings (SSSR count). The van der Waals surface area contributed by atoms with Crippen molar-refractivity contribution < 1.29 is 19.0 Å². The Kier molecular flexibility index (Phi) is 5.57. The number of fused-ring (bicyclic) bond motifs is 2. The molecule has 0 bridgehead atoms. The summed E-state index contributed by atoms with van der Waals surface area (Å²) in [6.07, 6.45) is 6.23. The van der Waals surface area contributed by atoms with Crippen LogP contribution in [0.1, 0.15) is 49.4 Å². The number of nitrogens with one attached hydrogen (secondary N) is 1. The molecule has 0 spiro atoms. The van der Waals surface area contributed by atoms with E-state index >= 15 is 0 Å². The monoisotopic (exact) mass is 429 g/mol. The summed E-state index contributed by atoms with van der Waals surface area (Å²) in [5, 5.41) is 3.81. The van der Waals surface area contributed by atoms with Crippen LogP contribution < -0.4 is 5.32 Å². The van der Waals surface area contributed by atoms with E-state index in [1.807, 2.05) is 6.20 Å². The minimum atomic E-state index is -0.451. The van der Waals surface area contributed by atoms with Gasteiger partial charge in [-0.15, -0.1) is 0 Å². The predicted octanol–water partition coefficient (Wildman–Crippen LogP) is 2.00. The van der Waals surface area contributed by atoms with Gasteiger partial charge in [0.05, 0.1) is 23.7 Å². The SMILES string of the molecule is CO[C@@H]1COCC[C@@H]1N[C@H]1C[C@]2(C(=O)N3CCc4ncc(C)cc4C3)CCO[C@]2(C)C1. The minimum absolute atomic E-state index is 0.0592. The molecule has 3 aliphatic heterocycles. The van der Waals surface area contributed by atoms with Crippen LogP contribution in [0.4, 0.5) is 0 Å². The number of aryl methyl sites for hydroxylation is 1. The molecule has 4 aliphatic rings. The summed E-state index contributed by atoms with van der Waals surface area (Å²) in [7, 11) is 1.75. The molecule has 170 valence electrons. The van der Waals surface area contributed by atoms with Crippen LogP contribution in [0.25, 0.3) is 0 Å². The van der Waals surface area contributed by atoms with E-state index in [2.05, 4.69) is 35.1 Å². The zero-order valence-electron chi connectivity index (χ0n) is 19.0. The predicted molar refractivity (Wildman–Crippen MR) is 116 cm³/mol. The van der Waals surface area contributed by atoms with E-state index in [0.717, 1.165) is 56.5 Å². The highest BCUT2D eigenvalue weighted by atomic mass is 16.5. The maximum absolute atomic E-state index is 14.0. The van der Waals surface area contributed by atoms with Crippen LogP contribution in [0.5, 0.6) is 0 Å². The van der Waals surface area contributed by atoms with Gasteiger partial charge in [0.1, 0.15) is 0 Å². The van der Waals surface area contributed by atoms with Crippen molar-refractivity contribution in [1.82, 2.24) is 15.2 Å². The Morgan fingerprint density at radius 2 is 2.23 bits per heavy atom. The Hall–Kier alpha value is -1.54. The van der Waals surface area contributed by atoms with Gasteiger partial charge in [0.2, 0.25) is 5.91 Å². The largest absolute Gasteiger partial charge is 0.379 e. The number of ether oxygens (including phenoxy) is 3. The van der Waals surface area contributed by atoms with Gasteiger partial charge in [0.25, 0.3) is 0 Å². The number of hydrogen-bond acceptors (Lipinski definition) is 6. The number of aromatic nitrogens is 1. The van der Waals surface area contributed by atoms with Crippen molar-refractivity contribution in [3.8, 4) is 0 Å². The van der Waals surface area contributed by atoms with Crippen LogP contribution in [-0.4, -0.2) is 73.1 Å². The van der Waals surface area contributed by atoms with Crippen LogP contribution in [0.2, 0.25) is 0 Å². The summed E-state index contributed by atoms with van der Waals surface area (Å²) in [4.78, 5) is 20.7. The van der Waals surface area contributed by atoms with Crippen LogP contribution in [0, 0.1) is 12.3 Å². The summed E-state index contributed by atoms with van der Waals surface area (Å²) in [6, 6.07) is 2.68. The van der Waals surface area contributed by atoms with Crippen molar-refractivity contribution in [3.05, 3.63) is 29.1 Å². The second kappa shape index (κ2) is 8.10. The molecule has 7 heteroatoms. The molecule has 3 fully saturated rings. The normalized spacial score (nSPS) is 37.5. The van der Waals surface area contributed by atoms with E-state index < -0.39 is 11.0 Å². The van der Waals surface area contributed by atoms with Crippen LogP contribution in [0.15, 0.2) is 12.3 Å². The highest BCUT2D eigenvalue weighted by molar-refractivity contribution is 5.85. The Morgan fingerprint density at radius 3 is 3.06 bits per heavy atom. The first-order valence-electron chi connectivity index (χ1n) is 11.7. The Bertz CT molecular complexity index is 848. The number of carbonyl (C=O) groups excluding carboxylic acids is 1. The quantitative estimate of drug-likeness (QED) is 0.789. The molecule has 1 N–H and O–H groups in total. The lowest BCUT2D eigenvalue weighted by Gasteiger charge is -2.40. The van der Waals surface area contributed by atoms with Crippen LogP contribution in [0.3, 0.4) is 0 Å². The van der Waals surface area contributed by atoms with Gasteiger partial charge in [-0.25, -0.2) is 0 Å². The minimum Gasteiger partial charge on any atom is -0.379 e. The molecule has 4 heterocycles. The van der Waals surface area contributed by atoms with Crippen molar-refractivity contribution in [3.63, 3.8) is 0 Å². The molecule has 1 aromatic heterocycles. The summed E-state index contributed by atoms with van der Waals surface area (Å²) in [5.74, 6) is 0.263. The molecule has 5 atom stereocenters. The Balaban J connectivity index is 1.34. The average Bonchev–Trinajstić information content (AvgIpc) is 3.23. The summed E-state index contributed by atoms with van der Waals surface area (Å²) >= 11 is 0. The van der Waals surface area contributed by atoms with Gasteiger partial charge in [-0.1, -0.05) is 6.07 Å². The van der Waals surface area contributed by atoms with Gasteiger partial charge in [-0.2, -0.15) is 0 Å². The molecule has 0 aromatic carbocycles. The van der Waals surface area contributed by atoms with Crippen molar-refractivity contribution in [1.29, 1.82) is 0 Å². The molecule has 7 nitrogen and oxygen atoms in total. The van der Waals surface area contributed by atoms with Gasteiger partial charge in [0, 0.05) is 63.8 Å². The fourth-order valence-electron chi connectivity index (χ4n) is 6.39. The zero-order valence-corrected chi connectivity index (χ0v) is 19.0. The molecular formula is C24H35N3O4. The molecule has 0 unspecified atom stereocenters. The second-order valence-corrected chi connectivity index (χ2v) is 10.0. The first kappa shape index (κ1) is 21.3. The standard InChI is InChI=1S/C24H35N3O4/c1-16-10-17-14-27(7-4-19(17)25-13-16)22(28)24-6-9-31-23(24,2)11-18(12-24)26-20-5-8-30-15-21(20)29-3/h10,13,18,20-21,26H,4-9,11-12,14-15H2,1-3H3/t18-,20+,21-,23-,24+/m1/s1. The fraction of sp³-hybridized carbons (Fsp3) is 0.750. The topological polar surface area (TPSA) is 72.9 Å². The fourth-order valence-corrected chi connectivity index (χ4v) is 6.39. The second-order valence-electron chi connectivity index (χ2n) is 10.0. The number of pyridine rings is 1. The van der Waals surface area contributed by atoms with Crippen LogP contribution >= 0.6 is 0 Å².